The average molecular weight is 286 g/mol. The Bertz CT molecular complexity index is 618. The summed E-state index contributed by atoms with van der Waals surface area (Å²) >= 11 is 0. The summed E-state index contributed by atoms with van der Waals surface area (Å²) in [5.41, 5.74) is 3.32. The largest absolute Gasteiger partial charge is 0.353 e. The Morgan fingerprint density at radius 1 is 1.19 bits per heavy atom. The molecule has 1 amide bonds. The van der Waals surface area contributed by atoms with Crippen LogP contribution in [0, 0.1) is 6.92 Å². The number of hydrogen-bond donors (Lipinski definition) is 2. The summed E-state index contributed by atoms with van der Waals surface area (Å²) in [5.74, 6) is 0.653. The zero-order chi connectivity index (χ0) is 15.7. The Labute approximate surface area is 125 Å². The van der Waals surface area contributed by atoms with E-state index in [1.54, 1.807) is 12.1 Å². The third kappa shape index (κ3) is 6.56. The van der Waals surface area contributed by atoms with E-state index in [9.17, 15) is 9.59 Å². The number of amides is 1. The van der Waals surface area contributed by atoms with Crippen LogP contribution in [-0.4, -0.2) is 11.4 Å². The van der Waals surface area contributed by atoms with E-state index >= 15 is 0 Å². The molecule has 1 aromatic carbocycles. The third-order valence-electron chi connectivity index (χ3n) is 2.91. The molecule has 1 heterocycles. The average Bonchev–Trinajstić information content (AvgIpc) is 2.46. The quantitative estimate of drug-likeness (QED) is 0.849. The highest BCUT2D eigenvalue weighted by Crippen LogP contribution is 2.14. The van der Waals surface area contributed by atoms with Gasteiger partial charge in [-0.05, 0) is 24.5 Å². The van der Waals surface area contributed by atoms with Crippen molar-refractivity contribution in [2.75, 3.05) is 0 Å². The molecule has 2 N–H and O–H groups in total. The third-order valence-corrected chi connectivity index (χ3v) is 2.91. The highest BCUT2D eigenvalue weighted by Gasteiger charge is 1.96. The molecule has 0 aliphatic heterocycles. The molecule has 112 valence electrons. The maximum Gasteiger partial charge on any atom is 0.248 e. The second kappa shape index (κ2) is 8.74. The van der Waals surface area contributed by atoms with Gasteiger partial charge in [0.1, 0.15) is 0 Å². The first kappa shape index (κ1) is 16.7. The predicted octanol–water partition coefficient (Wildman–Crippen LogP) is 2.74. The van der Waals surface area contributed by atoms with Crippen molar-refractivity contribution < 1.29 is 4.79 Å². The first-order valence-corrected chi connectivity index (χ1v) is 6.94. The summed E-state index contributed by atoms with van der Waals surface area (Å²) < 4.78 is 0. The minimum atomic E-state index is -0.157. The van der Waals surface area contributed by atoms with Gasteiger partial charge in [0.05, 0.1) is 6.54 Å². The number of H-pyrrole nitrogens is 1. The fourth-order valence-electron chi connectivity index (χ4n) is 1.78. The summed E-state index contributed by atoms with van der Waals surface area (Å²) in [6.07, 6.45) is 0.589. The molecule has 4 nitrogen and oxygen atoms in total. The van der Waals surface area contributed by atoms with Gasteiger partial charge >= 0.3 is 0 Å². The van der Waals surface area contributed by atoms with Crippen molar-refractivity contribution in [1.29, 1.82) is 0 Å². The maximum absolute atomic E-state index is 10.7. The van der Waals surface area contributed by atoms with Gasteiger partial charge in [-0.15, -0.1) is 0 Å². The van der Waals surface area contributed by atoms with Crippen LogP contribution >= 0.6 is 0 Å². The summed E-state index contributed by atoms with van der Waals surface area (Å²) in [6, 6.07) is 13.5. The van der Waals surface area contributed by atoms with Crippen LogP contribution in [0.5, 0.6) is 0 Å². The Kier molecular flexibility index (Phi) is 6.95. The van der Waals surface area contributed by atoms with Crippen LogP contribution < -0.4 is 10.9 Å². The number of carbonyl (C=O) groups excluding carboxylic acids is 1. The van der Waals surface area contributed by atoms with Gasteiger partial charge in [0, 0.05) is 11.8 Å². The minimum Gasteiger partial charge on any atom is -0.353 e. The number of pyridine rings is 1. The molecule has 0 radical (unpaired) electrons. The van der Waals surface area contributed by atoms with Crippen molar-refractivity contribution in [3.8, 4) is 0 Å². The van der Waals surface area contributed by atoms with E-state index in [-0.39, 0.29) is 5.56 Å². The molecule has 21 heavy (non-hydrogen) atoms. The zero-order valence-corrected chi connectivity index (χ0v) is 12.7. The highest BCUT2D eigenvalue weighted by atomic mass is 16.1. The highest BCUT2D eigenvalue weighted by molar-refractivity contribution is 5.45. The maximum atomic E-state index is 10.7. The van der Waals surface area contributed by atoms with Crippen LogP contribution in [-0.2, 0) is 11.3 Å². The number of aromatic nitrogens is 1. The Balaban J connectivity index is 0.000000211. The van der Waals surface area contributed by atoms with E-state index in [4.69, 9.17) is 0 Å². The molecule has 0 atom stereocenters. The van der Waals surface area contributed by atoms with Gasteiger partial charge in [-0.1, -0.05) is 49.7 Å². The number of benzene rings is 1. The summed E-state index contributed by atoms with van der Waals surface area (Å²) in [5, 5.41) is 2.44. The molecular weight excluding hydrogens is 264 g/mol. The molecule has 0 spiro atoms. The molecule has 2 rings (SSSR count). The number of nitrogens with one attached hydrogen (secondary N) is 2. The van der Waals surface area contributed by atoms with Gasteiger partial charge in [-0.2, -0.15) is 0 Å². The Hall–Kier alpha value is -2.36. The zero-order valence-electron chi connectivity index (χ0n) is 12.7. The molecule has 0 saturated heterocycles. The van der Waals surface area contributed by atoms with Gasteiger partial charge in [0.2, 0.25) is 12.0 Å². The fraction of sp³-hybridized carbons (Fsp3) is 0.294. The lowest BCUT2D eigenvalue weighted by atomic mass is 10.0. The first-order valence-electron chi connectivity index (χ1n) is 6.94. The molecule has 0 bridgehead atoms. The van der Waals surface area contributed by atoms with E-state index in [0.717, 1.165) is 0 Å². The Morgan fingerprint density at radius 2 is 1.90 bits per heavy atom. The van der Waals surface area contributed by atoms with Crippen molar-refractivity contribution >= 4 is 6.41 Å². The number of aryl methyl sites for hydroxylation is 1. The number of aromatic amines is 1. The second-order valence-corrected chi connectivity index (χ2v) is 5.11. The summed E-state index contributed by atoms with van der Waals surface area (Å²) in [6.45, 7) is 6.93. The van der Waals surface area contributed by atoms with Gasteiger partial charge in [0.25, 0.3) is 0 Å². The van der Waals surface area contributed by atoms with Crippen molar-refractivity contribution in [1.82, 2.24) is 10.3 Å². The van der Waals surface area contributed by atoms with E-state index < -0.39 is 0 Å². The monoisotopic (exact) mass is 286 g/mol. The standard InChI is InChI=1S/C10H14.C7H8N2O2/c1-8(2)10-6-4-5-9(3)7-10;10-5-8-4-6-2-1-3-7(11)9-6/h4-8H,1-3H3;1-3,5H,4H2,(H,8,10)(H,9,11). The van der Waals surface area contributed by atoms with Crippen LogP contribution in [0.4, 0.5) is 0 Å². The van der Waals surface area contributed by atoms with E-state index in [1.807, 2.05) is 0 Å². The topological polar surface area (TPSA) is 62.0 Å². The van der Waals surface area contributed by atoms with Gasteiger partial charge in [-0.25, -0.2) is 0 Å². The normalized spacial score (nSPS) is 9.71. The molecule has 2 aromatic rings. The van der Waals surface area contributed by atoms with E-state index in [2.05, 4.69) is 55.3 Å². The lowest BCUT2D eigenvalue weighted by Gasteiger charge is -2.04. The molecule has 0 aliphatic rings. The number of carbonyl (C=O) groups is 1. The van der Waals surface area contributed by atoms with E-state index in [1.165, 1.54) is 17.2 Å². The van der Waals surface area contributed by atoms with Crippen LogP contribution in [0.15, 0.2) is 47.3 Å². The molecule has 0 saturated carbocycles. The lowest BCUT2D eigenvalue weighted by Crippen LogP contribution is -2.14. The Morgan fingerprint density at radius 3 is 2.43 bits per heavy atom. The van der Waals surface area contributed by atoms with Crippen molar-refractivity contribution in [3.05, 3.63) is 69.6 Å². The van der Waals surface area contributed by atoms with Crippen LogP contribution in [0.1, 0.15) is 36.6 Å². The first-order chi connectivity index (χ1) is 10.0. The molecule has 1 aromatic heterocycles. The molecular formula is C17H22N2O2. The van der Waals surface area contributed by atoms with E-state index in [0.29, 0.717) is 24.6 Å². The van der Waals surface area contributed by atoms with Crippen LogP contribution in [0.2, 0.25) is 0 Å². The van der Waals surface area contributed by atoms with Crippen molar-refractivity contribution in [2.45, 2.75) is 33.2 Å². The number of hydrogen-bond acceptors (Lipinski definition) is 2. The van der Waals surface area contributed by atoms with Gasteiger partial charge in [0.15, 0.2) is 0 Å². The molecule has 0 unspecified atom stereocenters. The van der Waals surface area contributed by atoms with Crippen LogP contribution in [0.25, 0.3) is 0 Å². The van der Waals surface area contributed by atoms with Crippen LogP contribution in [0.3, 0.4) is 0 Å². The lowest BCUT2D eigenvalue weighted by molar-refractivity contribution is -0.109. The van der Waals surface area contributed by atoms with Crippen molar-refractivity contribution in [3.63, 3.8) is 0 Å². The predicted molar refractivity (Wildman–Crippen MR) is 85.2 cm³/mol. The smallest absolute Gasteiger partial charge is 0.248 e. The van der Waals surface area contributed by atoms with Gasteiger partial charge in [-0.3, -0.25) is 9.59 Å². The van der Waals surface area contributed by atoms with Gasteiger partial charge < -0.3 is 10.3 Å². The summed E-state index contributed by atoms with van der Waals surface area (Å²) in [7, 11) is 0. The SMILES string of the molecule is Cc1cccc(C(C)C)c1.O=CNCc1cccc(=O)[nH]1. The van der Waals surface area contributed by atoms with Crippen molar-refractivity contribution in [2.24, 2.45) is 0 Å². The number of rotatable bonds is 4. The fourth-order valence-corrected chi connectivity index (χ4v) is 1.78. The molecule has 0 fully saturated rings. The molecule has 4 heteroatoms. The summed E-state index contributed by atoms with van der Waals surface area (Å²) in [4.78, 5) is 23.1. The minimum absolute atomic E-state index is 0.157. The second-order valence-electron chi connectivity index (χ2n) is 5.11. The molecule has 0 aliphatic carbocycles.